The Morgan fingerprint density at radius 3 is 2.55 bits per heavy atom. The van der Waals surface area contributed by atoms with Crippen LogP contribution in [-0.4, -0.2) is 74.1 Å². The minimum atomic E-state index is -0.186. The largest absolute Gasteiger partial charge is 0.469 e. The molecule has 0 bridgehead atoms. The number of carbonyl (C=O) groups excluding carboxylic acids is 2. The zero-order valence-electron chi connectivity index (χ0n) is 12.2. The standard InChI is InChI=1S/C14H23N3O3/c1-4-6-15-14(19)12(2)17-10-8-16(9-11-17)7-5-13(18)20-3/h1,12H,5-11H2,2-3H3,(H,15,19). The van der Waals surface area contributed by atoms with Crippen molar-refractivity contribution in [3.8, 4) is 12.3 Å². The summed E-state index contributed by atoms with van der Waals surface area (Å²) in [5.74, 6) is 2.17. The zero-order chi connectivity index (χ0) is 15.0. The van der Waals surface area contributed by atoms with Crippen molar-refractivity contribution in [3.63, 3.8) is 0 Å². The van der Waals surface area contributed by atoms with Crippen LogP contribution in [0.1, 0.15) is 13.3 Å². The van der Waals surface area contributed by atoms with Crippen molar-refractivity contribution in [2.75, 3.05) is 46.4 Å². The van der Waals surface area contributed by atoms with Crippen molar-refractivity contribution in [1.82, 2.24) is 15.1 Å². The Morgan fingerprint density at radius 2 is 2.00 bits per heavy atom. The monoisotopic (exact) mass is 281 g/mol. The molecular weight excluding hydrogens is 258 g/mol. The Kier molecular flexibility index (Phi) is 7.05. The van der Waals surface area contributed by atoms with Crippen LogP contribution in [0.15, 0.2) is 0 Å². The molecule has 1 fully saturated rings. The highest BCUT2D eigenvalue weighted by atomic mass is 16.5. The van der Waals surface area contributed by atoms with Gasteiger partial charge < -0.3 is 15.0 Å². The highest BCUT2D eigenvalue weighted by Crippen LogP contribution is 2.07. The first-order valence-corrected chi connectivity index (χ1v) is 6.83. The van der Waals surface area contributed by atoms with Gasteiger partial charge in [0.15, 0.2) is 0 Å². The van der Waals surface area contributed by atoms with Gasteiger partial charge in [-0.15, -0.1) is 6.42 Å². The number of carbonyl (C=O) groups is 2. The first kappa shape index (κ1) is 16.5. The van der Waals surface area contributed by atoms with Crippen LogP contribution in [0.5, 0.6) is 0 Å². The summed E-state index contributed by atoms with van der Waals surface area (Å²) in [6, 6.07) is -0.175. The van der Waals surface area contributed by atoms with E-state index in [4.69, 9.17) is 6.42 Å². The summed E-state index contributed by atoms with van der Waals surface area (Å²) in [5.41, 5.74) is 0. The van der Waals surface area contributed by atoms with Gasteiger partial charge in [0.25, 0.3) is 0 Å². The van der Waals surface area contributed by atoms with Crippen LogP contribution in [0.4, 0.5) is 0 Å². The highest BCUT2D eigenvalue weighted by Gasteiger charge is 2.25. The lowest BCUT2D eigenvalue weighted by Gasteiger charge is -2.37. The summed E-state index contributed by atoms with van der Waals surface area (Å²) < 4.78 is 4.62. The second-order valence-corrected chi connectivity index (χ2v) is 4.80. The van der Waals surface area contributed by atoms with E-state index in [-0.39, 0.29) is 24.5 Å². The summed E-state index contributed by atoms with van der Waals surface area (Å²) >= 11 is 0. The lowest BCUT2D eigenvalue weighted by atomic mass is 10.2. The van der Waals surface area contributed by atoms with Crippen LogP contribution in [0.25, 0.3) is 0 Å². The zero-order valence-corrected chi connectivity index (χ0v) is 12.2. The van der Waals surface area contributed by atoms with Crippen molar-refractivity contribution in [2.45, 2.75) is 19.4 Å². The molecule has 1 heterocycles. The van der Waals surface area contributed by atoms with E-state index in [1.807, 2.05) is 6.92 Å². The Bertz CT molecular complexity index is 370. The van der Waals surface area contributed by atoms with Crippen molar-refractivity contribution in [3.05, 3.63) is 0 Å². The fourth-order valence-corrected chi connectivity index (χ4v) is 2.18. The molecule has 1 atom stereocenters. The van der Waals surface area contributed by atoms with Crippen LogP contribution in [0.3, 0.4) is 0 Å². The molecule has 1 aliphatic heterocycles. The van der Waals surface area contributed by atoms with E-state index >= 15 is 0 Å². The first-order chi connectivity index (χ1) is 9.58. The van der Waals surface area contributed by atoms with Crippen LogP contribution in [-0.2, 0) is 14.3 Å². The number of piperazine rings is 1. The molecule has 0 spiro atoms. The lowest BCUT2D eigenvalue weighted by molar-refractivity contribution is -0.141. The van der Waals surface area contributed by atoms with E-state index in [1.165, 1.54) is 7.11 Å². The van der Waals surface area contributed by atoms with Gasteiger partial charge in [-0.1, -0.05) is 5.92 Å². The van der Waals surface area contributed by atoms with Gasteiger partial charge in [0, 0.05) is 32.7 Å². The number of hydrogen-bond acceptors (Lipinski definition) is 5. The molecule has 1 rings (SSSR count). The molecule has 0 aliphatic carbocycles. The smallest absolute Gasteiger partial charge is 0.306 e. The second-order valence-electron chi connectivity index (χ2n) is 4.80. The molecule has 0 radical (unpaired) electrons. The van der Waals surface area contributed by atoms with Crippen molar-refractivity contribution in [1.29, 1.82) is 0 Å². The Balaban J connectivity index is 2.29. The Labute approximate surface area is 120 Å². The van der Waals surface area contributed by atoms with Gasteiger partial charge in [0.05, 0.1) is 26.1 Å². The predicted octanol–water partition coefficient (Wildman–Crippen LogP) is -0.695. The van der Waals surface area contributed by atoms with Gasteiger partial charge in [0.1, 0.15) is 0 Å². The number of nitrogens with zero attached hydrogens (tertiary/aromatic N) is 2. The van der Waals surface area contributed by atoms with E-state index in [0.717, 1.165) is 26.2 Å². The van der Waals surface area contributed by atoms with Crippen LogP contribution < -0.4 is 5.32 Å². The summed E-state index contributed by atoms with van der Waals surface area (Å²) in [6.07, 6.45) is 5.53. The molecule has 0 aromatic rings. The maximum atomic E-state index is 11.8. The SMILES string of the molecule is C#CCNC(=O)C(C)N1CCN(CCC(=O)OC)CC1. The van der Waals surface area contributed by atoms with E-state index in [9.17, 15) is 9.59 Å². The van der Waals surface area contributed by atoms with Crippen molar-refractivity contribution >= 4 is 11.9 Å². The molecule has 1 unspecified atom stereocenters. The molecule has 0 aromatic heterocycles. The molecule has 20 heavy (non-hydrogen) atoms. The summed E-state index contributed by atoms with van der Waals surface area (Å²) in [4.78, 5) is 27.2. The fourth-order valence-electron chi connectivity index (χ4n) is 2.18. The number of rotatable bonds is 6. The number of esters is 1. The van der Waals surface area contributed by atoms with Gasteiger partial charge in [0.2, 0.25) is 5.91 Å². The topological polar surface area (TPSA) is 61.9 Å². The van der Waals surface area contributed by atoms with Crippen molar-refractivity contribution < 1.29 is 14.3 Å². The Hall–Kier alpha value is -1.58. The third-order valence-electron chi connectivity index (χ3n) is 3.56. The van der Waals surface area contributed by atoms with Gasteiger partial charge >= 0.3 is 5.97 Å². The molecule has 1 aliphatic rings. The van der Waals surface area contributed by atoms with Gasteiger partial charge in [-0.2, -0.15) is 0 Å². The molecule has 0 saturated carbocycles. The quantitative estimate of drug-likeness (QED) is 0.515. The number of terminal acetylenes is 1. The number of amides is 1. The minimum absolute atomic E-state index is 0.0361. The third kappa shape index (κ3) is 5.19. The normalized spacial score (nSPS) is 18.1. The maximum Gasteiger partial charge on any atom is 0.306 e. The van der Waals surface area contributed by atoms with E-state index in [2.05, 4.69) is 25.8 Å². The predicted molar refractivity (Wildman–Crippen MR) is 76.0 cm³/mol. The third-order valence-corrected chi connectivity index (χ3v) is 3.56. The minimum Gasteiger partial charge on any atom is -0.469 e. The summed E-state index contributed by atoms with van der Waals surface area (Å²) in [6.45, 7) is 6.18. The second kappa shape index (κ2) is 8.56. The van der Waals surface area contributed by atoms with Crippen molar-refractivity contribution in [2.24, 2.45) is 0 Å². The van der Waals surface area contributed by atoms with E-state index < -0.39 is 0 Å². The molecule has 0 aromatic carbocycles. The molecule has 112 valence electrons. The van der Waals surface area contributed by atoms with Crippen LogP contribution in [0.2, 0.25) is 0 Å². The maximum absolute atomic E-state index is 11.8. The van der Waals surface area contributed by atoms with E-state index in [1.54, 1.807) is 0 Å². The molecule has 1 amide bonds. The highest BCUT2D eigenvalue weighted by molar-refractivity contribution is 5.81. The Morgan fingerprint density at radius 1 is 1.35 bits per heavy atom. The number of ether oxygens (including phenoxy) is 1. The fraction of sp³-hybridized carbons (Fsp3) is 0.714. The van der Waals surface area contributed by atoms with Crippen LogP contribution >= 0.6 is 0 Å². The van der Waals surface area contributed by atoms with E-state index in [0.29, 0.717) is 13.0 Å². The molecule has 1 saturated heterocycles. The van der Waals surface area contributed by atoms with Crippen LogP contribution in [0, 0.1) is 12.3 Å². The first-order valence-electron chi connectivity index (χ1n) is 6.83. The summed E-state index contributed by atoms with van der Waals surface area (Å²) in [5, 5.41) is 2.70. The number of hydrogen-bond donors (Lipinski definition) is 1. The van der Waals surface area contributed by atoms with Gasteiger partial charge in [-0.05, 0) is 6.92 Å². The summed E-state index contributed by atoms with van der Waals surface area (Å²) in [7, 11) is 1.40. The average molecular weight is 281 g/mol. The molecule has 1 N–H and O–H groups in total. The molecular formula is C14H23N3O3. The average Bonchev–Trinajstić information content (AvgIpc) is 2.49. The van der Waals surface area contributed by atoms with Gasteiger partial charge in [-0.25, -0.2) is 0 Å². The number of nitrogens with one attached hydrogen (secondary N) is 1. The lowest BCUT2D eigenvalue weighted by Crippen LogP contribution is -2.54. The van der Waals surface area contributed by atoms with Gasteiger partial charge in [-0.3, -0.25) is 14.5 Å². The number of methoxy groups -OCH3 is 1. The molecule has 6 heteroatoms. The molecule has 6 nitrogen and oxygen atoms in total.